The zero-order valence-corrected chi connectivity index (χ0v) is 19.0. The lowest BCUT2D eigenvalue weighted by molar-refractivity contribution is -0.137. The molecule has 2 heterocycles. The van der Waals surface area contributed by atoms with E-state index in [1.807, 2.05) is 29.2 Å². The third-order valence-electron chi connectivity index (χ3n) is 5.81. The van der Waals surface area contributed by atoms with Crippen LogP contribution in [0.4, 0.5) is 24.7 Å². The molecule has 5 nitrogen and oxygen atoms in total. The van der Waals surface area contributed by atoms with Gasteiger partial charge in [-0.1, -0.05) is 37.6 Å². The molecule has 1 N–H and O–H groups in total. The number of pyridine rings is 1. The number of amides is 1. The lowest BCUT2D eigenvalue weighted by atomic mass is 9.95. The zero-order chi connectivity index (χ0) is 23.3. The molecule has 0 spiro atoms. The minimum absolute atomic E-state index is 0.0345. The van der Waals surface area contributed by atoms with Gasteiger partial charge in [0.05, 0.1) is 10.6 Å². The molecule has 0 aliphatic carbocycles. The summed E-state index contributed by atoms with van der Waals surface area (Å²) in [4.78, 5) is 20.8. The molecule has 0 atom stereocenters. The summed E-state index contributed by atoms with van der Waals surface area (Å²) in [5.41, 5.74) is 1.04. The number of benzene rings is 1. The highest BCUT2D eigenvalue weighted by atomic mass is 35.5. The summed E-state index contributed by atoms with van der Waals surface area (Å²) in [6.45, 7) is 7.99. The lowest BCUT2D eigenvalue weighted by Crippen LogP contribution is -2.38. The van der Waals surface area contributed by atoms with Crippen LogP contribution >= 0.6 is 11.6 Å². The van der Waals surface area contributed by atoms with Crippen LogP contribution in [0.3, 0.4) is 0 Å². The predicted octanol–water partition coefficient (Wildman–Crippen LogP) is 5.45. The van der Waals surface area contributed by atoms with Gasteiger partial charge in [0.1, 0.15) is 5.82 Å². The number of hydrogen-bond donors (Lipinski definition) is 1. The van der Waals surface area contributed by atoms with Crippen molar-refractivity contribution in [1.82, 2.24) is 9.88 Å². The molecule has 174 valence electrons. The Labute approximate surface area is 191 Å². The summed E-state index contributed by atoms with van der Waals surface area (Å²) >= 11 is 6.06. The van der Waals surface area contributed by atoms with Crippen LogP contribution in [0.15, 0.2) is 36.5 Å². The molecule has 1 saturated heterocycles. The van der Waals surface area contributed by atoms with E-state index in [-0.39, 0.29) is 16.8 Å². The van der Waals surface area contributed by atoms with Gasteiger partial charge in [-0.25, -0.2) is 4.98 Å². The summed E-state index contributed by atoms with van der Waals surface area (Å²) < 4.78 is 38.5. The summed E-state index contributed by atoms with van der Waals surface area (Å²) in [7, 11) is 0. The Balaban J connectivity index is 1.57. The molecular formula is C23H28ClF3N4O. The van der Waals surface area contributed by atoms with Gasteiger partial charge in [0.2, 0.25) is 5.91 Å². The Morgan fingerprint density at radius 1 is 1.22 bits per heavy atom. The zero-order valence-electron chi connectivity index (χ0n) is 18.3. The number of carbonyl (C=O) groups excluding carboxylic acids is 1. The SMILES string of the molecule is CCN(CC)Cc1cccc(NC(=O)C2CCN(c3ncc(C(F)(F)F)cc3Cl)CC2)c1. The maximum absolute atomic E-state index is 12.8. The first-order valence-electron chi connectivity index (χ1n) is 10.8. The molecule has 1 aliphatic heterocycles. The van der Waals surface area contributed by atoms with Crippen molar-refractivity contribution in [1.29, 1.82) is 0 Å². The Bertz CT molecular complexity index is 926. The number of anilines is 2. The first-order valence-corrected chi connectivity index (χ1v) is 11.2. The van der Waals surface area contributed by atoms with E-state index in [2.05, 4.69) is 29.0 Å². The standard InChI is InChI=1S/C23H28ClF3N4O/c1-3-30(4-2)15-16-6-5-7-19(12-16)29-22(32)17-8-10-31(11-9-17)21-20(24)13-18(14-28-21)23(25,26)27/h5-7,12-14,17H,3-4,8-11,15H2,1-2H3,(H,29,32). The Morgan fingerprint density at radius 3 is 2.50 bits per heavy atom. The quantitative estimate of drug-likeness (QED) is 0.587. The number of hydrogen-bond acceptors (Lipinski definition) is 4. The second kappa shape index (κ2) is 10.5. The van der Waals surface area contributed by atoms with Gasteiger partial charge in [0.25, 0.3) is 0 Å². The van der Waals surface area contributed by atoms with Crippen molar-refractivity contribution < 1.29 is 18.0 Å². The number of halogens is 4. The molecule has 2 aromatic rings. The highest BCUT2D eigenvalue weighted by molar-refractivity contribution is 6.33. The third-order valence-corrected chi connectivity index (χ3v) is 6.09. The van der Waals surface area contributed by atoms with Gasteiger partial charge in [-0.2, -0.15) is 13.2 Å². The summed E-state index contributed by atoms with van der Waals surface area (Å²) in [6.07, 6.45) is -2.54. The third kappa shape index (κ3) is 6.13. The number of alkyl halides is 3. The fourth-order valence-electron chi connectivity index (χ4n) is 3.87. The first kappa shape index (κ1) is 24.3. The van der Waals surface area contributed by atoms with E-state index in [1.165, 1.54) is 0 Å². The number of piperidine rings is 1. The largest absolute Gasteiger partial charge is 0.417 e. The van der Waals surface area contributed by atoms with Crippen molar-refractivity contribution >= 4 is 29.0 Å². The van der Waals surface area contributed by atoms with Crippen LogP contribution in [0.25, 0.3) is 0 Å². The van der Waals surface area contributed by atoms with E-state index in [0.29, 0.717) is 31.7 Å². The van der Waals surface area contributed by atoms with Crippen LogP contribution in [0.1, 0.15) is 37.8 Å². The first-order chi connectivity index (χ1) is 15.2. The van der Waals surface area contributed by atoms with Crippen molar-refractivity contribution in [3.63, 3.8) is 0 Å². The van der Waals surface area contributed by atoms with E-state index in [1.54, 1.807) is 0 Å². The van der Waals surface area contributed by atoms with Crippen LogP contribution in [-0.4, -0.2) is 42.0 Å². The molecule has 1 aromatic carbocycles. The van der Waals surface area contributed by atoms with E-state index < -0.39 is 11.7 Å². The number of nitrogens with one attached hydrogen (secondary N) is 1. The van der Waals surface area contributed by atoms with Gasteiger partial charge in [0.15, 0.2) is 0 Å². The molecule has 1 fully saturated rings. The van der Waals surface area contributed by atoms with Gasteiger partial charge in [-0.15, -0.1) is 0 Å². The fourth-order valence-corrected chi connectivity index (χ4v) is 4.15. The Kier molecular flexibility index (Phi) is 8.00. The summed E-state index contributed by atoms with van der Waals surface area (Å²) in [5, 5.41) is 2.97. The molecule has 0 unspecified atom stereocenters. The van der Waals surface area contributed by atoms with Crippen LogP contribution in [-0.2, 0) is 17.5 Å². The van der Waals surface area contributed by atoms with E-state index in [0.717, 1.165) is 43.1 Å². The van der Waals surface area contributed by atoms with Gasteiger partial charge < -0.3 is 10.2 Å². The van der Waals surface area contributed by atoms with Crippen LogP contribution < -0.4 is 10.2 Å². The highest BCUT2D eigenvalue weighted by Crippen LogP contribution is 2.34. The Hall–Kier alpha value is -2.32. The minimum atomic E-state index is -4.48. The fraction of sp³-hybridized carbons (Fsp3) is 0.478. The van der Waals surface area contributed by atoms with Gasteiger partial charge in [-0.05, 0) is 49.7 Å². The molecule has 3 rings (SSSR count). The molecule has 1 aliphatic rings. The molecule has 0 bridgehead atoms. The van der Waals surface area contributed by atoms with E-state index >= 15 is 0 Å². The maximum Gasteiger partial charge on any atom is 0.417 e. The number of carbonyl (C=O) groups is 1. The van der Waals surface area contributed by atoms with Gasteiger partial charge >= 0.3 is 6.18 Å². The van der Waals surface area contributed by atoms with Gasteiger partial charge in [0, 0.05) is 37.4 Å². The second-order valence-electron chi connectivity index (χ2n) is 7.94. The molecule has 0 saturated carbocycles. The topological polar surface area (TPSA) is 48.5 Å². The summed E-state index contributed by atoms with van der Waals surface area (Å²) in [5.74, 6) is 0.102. The molecule has 9 heteroatoms. The maximum atomic E-state index is 12.8. The normalized spacial score (nSPS) is 15.3. The van der Waals surface area contributed by atoms with Crippen LogP contribution in [0, 0.1) is 5.92 Å². The monoisotopic (exact) mass is 468 g/mol. The smallest absolute Gasteiger partial charge is 0.355 e. The average molecular weight is 469 g/mol. The molecule has 0 radical (unpaired) electrons. The predicted molar refractivity (Wildman–Crippen MR) is 121 cm³/mol. The molecule has 32 heavy (non-hydrogen) atoms. The minimum Gasteiger partial charge on any atom is -0.355 e. The molecular weight excluding hydrogens is 441 g/mol. The van der Waals surface area contributed by atoms with Crippen molar-refractivity contribution in [2.45, 2.75) is 39.4 Å². The van der Waals surface area contributed by atoms with Crippen molar-refractivity contribution in [3.8, 4) is 0 Å². The average Bonchev–Trinajstić information content (AvgIpc) is 2.77. The number of nitrogens with zero attached hydrogens (tertiary/aromatic N) is 3. The number of rotatable bonds is 7. The number of aromatic nitrogens is 1. The van der Waals surface area contributed by atoms with Crippen molar-refractivity contribution in [3.05, 3.63) is 52.7 Å². The Morgan fingerprint density at radius 2 is 1.91 bits per heavy atom. The highest BCUT2D eigenvalue weighted by Gasteiger charge is 2.33. The lowest BCUT2D eigenvalue weighted by Gasteiger charge is -2.32. The van der Waals surface area contributed by atoms with E-state index in [4.69, 9.17) is 11.6 Å². The van der Waals surface area contributed by atoms with E-state index in [9.17, 15) is 18.0 Å². The van der Waals surface area contributed by atoms with Gasteiger partial charge in [-0.3, -0.25) is 9.69 Å². The van der Waals surface area contributed by atoms with Crippen molar-refractivity contribution in [2.75, 3.05) is 36.4 Å². The second-order valence-corrected chi connectivity index (χ2v) is 8.35. The molecule has 1 aromatic heterocycles. The van der Waals surface area contributed by atoms with Crippen molar-refractivity contribution in [2.24, 2.45) is 5.92 Å². The summed E-state index contributed by atoms with van der Waals surface area (Å²) in [6, 6.07) is 8.76. The van der Waals surface area contributed by atoms with Crippen LogP contribution in [0.5, 0.6) is 0 Å². The van der Waals surface area contributed by atoms with Crippen LogP contribution in [0.2, 0.25) is 5.02 Å². The molecule has 1 amide bonds.